The van der Waals surface area contributed by atoms with E-state index >= 15 is 0 Å². The molecule has 0 aliphatic rings. The first-order chi connectivity index (χ1) is 33.8. The minimum absolute atomic E-state index is 0.0000798. The van der Waals surface area contributed by atoms with Crippen molar-refractivity contribution in [3.63, 3.8) is 0 Å². The summed E-state index contributed by atoms with van der Waals surface area (Å²) in [5.74, 6) is -0.965. The molecule has 392 valence electrons. The minimum atomic E-state index is -6.23. The van der Waals surface area contributed by atoms with Gasteiger partial charge in [0.15, 0.2) is 11.6 Å². The summed E-state index contributed by atoms with van der Waals surface area (Å²) in [6.07, 6.45) is -19.6. The normalized spacial score (nSPS) is 12.7. The van der Waals surface area contributed by atoms with Gasteiger partial charge in [0.25, 0.3) is 0 Å². The third-order valence-corrected chi connectivity index (χ3v) is 12.0. The van der Waals surface area contributed by atoms with Crippen LogP contribution in [0, 0.1) is 13.8 Å². The fraction of sp³-hybridized carbons (Fsp3) is 0.367. The highest BCUT2D eigenvalue weighted by Gasteiger charge is 2.74. The number of aromatic nitrogens is 6. The van der Waals surface area contributed by atoms with Crippen LogP contribution in [0.2, 0.25) is 0 Å². The van der Waals surface area contributed by atoms with Crippen molar-refractivity contribution in [1.82, 2.24) is 29.5 Å². The van der Waals surface area contributed by atoms with Crippen LogP contribution in [0.15, 0.2) is 86.0 Å². The second-order valence-electron chi connectivity index (χ2n) is 16.8. The Morgan fingerprint density at radius 2 is 0.904 bits per heavy atom. The maximum Gasteiger partial charge on any atom is 0.435 e. The van der Waals surface area contributed by atoms with Gasteiger partial charge in [-0.25, -0.2) is 28.1 Å². The molecular weight excluding hydrogens is 1000 g/mol. The molecule has 2 N–H and O–H groups in total. The molecule has 24 heteroatoms. The van der Waals surface area contributed by atoms with Gasteiger partial charge in [0, 0.05) is 48.1 Å². The van der Waals surface area contributed by atoms with Crippen LogP contribution in [0.1, 0.15) is 104 Å². The van der Waals surface area contributed by atoms with Gasteiger partial charge in [-0.2, -0.15) is 62.9 Å². The standard InChI is InChI=1S/C26H24F7N3O2.C23H21F7N4O/c1-4-17-11-20(24(27,25(28,29)30)26(31,32)33)9-15(2)21(17)12-23(38)19-7-8-22(36-14-34-13-35-36)18(10-19)6-5-16(3)37;1-3-14-8-17(21(24,22(25,26)27)23(28,29)30)6-13(2)18(14)9-20(35)15-4-5-19(16(7-15)10-31)34-12-32-11-33-34/h7-11,13-14H,4-6,12H2,1-3H3;4-8,11-12H,3,9-10,31H2,1-2H3. The van der Waals surface area contributed by atoms with E-state index in [4.69, 9.17) is 5.73 Å². The first-order valence-electron chi connectivity index (χ1n) is 22.0. The summed E-state index contributed by atoms with van der Waals surface area (Å²) in [5, 5.41) is 8.07. The lowest BCUT2D eigenvalue weighted by atomic mass is 9.86. The molecule has 10 nitrogen and oxygen atoms in total. The molecule has 6 rings (SSSR count). The van der Waals surface area contributed by atoms with E-state index in [0.29, 0.717) is 53.2 Å². The minimum Gasteiger partial charge on any atom is -0.326 e. The third-order valence-electron chi connectivity index (χ3n) is 12.0. The second kappa shape index (κ2) is 21.7. The zero-order chi connectivity index (χ0) is 54.6. The van der Waals surface area contributed by atoms with Gasteiger partial charge in [-0.1, -0.05) is 38.1 Å². The molecule has 0 aliphatic heterocycles. The summed E-state index contributed by atoms with van der Waals surface area (Å²) >= 11 is 0. The predicted octanol–water partition coefficient (Wildman–Crippen LogP) is 11.7. The largest absolute Gasteiger partial charge is 0.435 e. The van der Waals surface area contributed by atoms with Crippen LogP contribution in [0.5, 0.6) is 0 Å². The number of aryl methyl sites for hydroxylation is 5. The predicted molar refractivity (Wildman–Crippen MR) is 237 cm³/mol. The SMILES string of the molecule is CCc1cc(C(F)(C(F)(F)F)C(F)(F)F)cc(C)c1CC(=O)c1ccc(-n2cncn2)c(CCC(C)=O)c1.CCc1cc(C(F)(C(F)(F)F)C(F)(F)F)cc(C)c1CC(=O)c1ccc(-n2cncn2)c(CN)c1. The molecule has 0 aliphatic carbocycles. The molecular formula is C49H45F14N7O3. The fourth-order valence-corrected chi connectivity index (χ4v) is 8.12. The maximum atomic E-state index is 14.7. The Morgan fingerprint density at radius 1 is 0.534 bits per heavy atom. The Balaban J connectivity index is 0.000000272. The molecule has 0 fully saturated rings. The number of halogens is 14. The monoisotopic (exact) mass is 1050 g/mol. The molecule has 0 saturated carbocycles. The molecule has 0 atom stereocenters. The summed E-state index contributed by atoms with van der Waals surface area (Å²) in [4.78, 5) is 45.4. The maximum absolute atomic E-state index is 14.7. The van der Waals surface area contributed by atoms with Crippen LogP contribution >= 0.6 is 0 Å². The van der Waals surface area contributed by atoms with E-state index in [1.807, 2.05) is 0 Å². The molecule has 0 unspecified atom stereocenters. The number of hydrogen-bond donors (Lipinski definition) is 1. The highest BCUT2D eigenvalue weighted by atomic mass is 19.4. The second-order valence-corrected chi connectivity index (χ2v) is 16.8. The number of rotatable bonds is 16. The third kappa shape index (κ3) is 11.8. The van der Waals surface area contributed by atoms with Crippen LogP contribution in [-0.2, 0) is 54.8 Å². The quantitative estimate of drug-likeness (QED) is 0.0747. The number of carbonyl (C=O) groups is 3. The molecule has 0 radical (unpaired) electrons. The van der Waals surface area contributed by atoms with Crippen LogP contribution in [0.4, 0.5) is 61.5 Å². The number of hydrogen-bond acceptors (Lipinski definition) is 8. The molecule has 4 aromatic carbocycles. The molecule has 2 heterocycles. The average molecular weight is 1050 g/mol. The molecule has 0 spiro atoms. The molecule has 2 aromatic heterocycles. The highest BCUT2D eigenvalue weighted by molar-refractivity contribution is 5.99. The van der Waals surface area contributed by atoms with Crippen molar-refractivity contribution in [2.24, 2.45) is 5.73 Å². The van der Waals surface area contributed by atoms with Gasteiger partial charge in [-0.05, 0) is 121 Å². The molecule has 0 saturated heterocycles. The van der Waals surface area contributed by atoms with Crippen molar-refractivity contribution < 1.29 is 75.8 Å². The highest BCUT2D eigenvalue weighted by Crippen LogP contribution is 2.55. The van der Waals surface area contributed by atoms with Gasteiger partial charge in [0.2, 0.25) is 0 Å². The van der Waals surface area contributed by atoms with E-state index in [-0.39, 0.29) is 88.9 Å². The van der Waals surface area contributed by atoms with Gasteiger partial charge in [-0.3, -0.25) is 9.59 Å². The smallest absolute Gasteiger partial charge is 0.326 e. The van der Waals surface area contributed by atoms with Crippen molar-refractivity contribution >= 4 is 17.3 Å². The van der Waals surface area contributed by atoms with Crippen molar-refractivity contribution in [3.05, 3.63) is 153 Å². The van der Waals surface area contributed by atoms with E-state index in [1.54, 1.807) is 18.2 Å². The zero-order valence-electron chi connectivity index (χ0n) is 39.3. The zero-order valence-corrected chi connectivity index (χ0v) is 39.3. The molecule has 6 aromatic rings. The number of nitrogens with two attached hydrogens (primary N) is 1. The lowest BCUT2D eigenvalue weighted by molar-refractivity contribution is -0.349. The van der Waals surface area contributed by atoms with Gasteiger partial charge < -0.3 is 10.5 Å². The summed E-state index contributed by atoms with van der Waals surface area (Å²) in [7, 11) is 0. The lowest BCUT2D eigenvalue weighted by Gasteiger charge is -2.31. The van der Waals surface area contributed by atoms with Gasteiger partial charge in [0.1, 0.15) is 31.1 Å². The van der Waals surface area contributed by atoms with E-state index in [1.165, 1.54) is 87.5 Å². The number of alkyl halides is 14. The summed E-state index contributed by atoms with van der Waals surface area (Å²) in [6, 6.07) is 11.4. The average Bonchev–Trinajstić information content (AvgIpc) is 4.06. The summed E-state index contributed by atoms with van der Waals surface area (Å²) in [5.41, 5.74) is -5.26. The van der Waals surface area contributed by atoms with Crippen molar-refractivity contribution in [2.75, 3.05) is 0 Å². The van der Waals surface area contributed by atoms with Gasteiger partial charge >= 0.3 is 36.0 Å². The fourth-order valence-electron chi connectivity index (χ4n) is 8.12. The van der Waals surface area contributed by atoms with Crippen molar-refractivity contribution in [3.8, 4) is 11.4 Å². The first kappa shape index (κ1) is 57.1. The Morgan fingerprint density at radius 3 is 1.22 bits per heavy atom. The molecule has 73 heavy (non-hydrogen) atoms. The van der Waals surface area contributed by atoms with Crippen LogP contribution in [0.3, 0.4) is 0 Å². The van der Waals surface area contributed by atoms with Crippen molar-refractivity contribution in [2.45, 2.75) is 116 Å². The topological polar surface area (TPSA) is 139 Å². The Kier molecular flexibility index (Phi) is 17.0. The Hall–Kier alpha value is -6.85. The van der Waals surface area contributed by atoms with E-state index < -0.39 is 58.7 Å². The van der Waals surface area contributed by atoms with E-state index in [9.17, 15) is 75.8 Å². The van der Waals surface area contributed by atoms with Gasteiger partial charge in [0.05, 0.1) is 11.4 Å². The number of benzene rings is 4. The van der Waals surface area contributed by atoms with Gasteiger partial charge in [-0.15, -0.1) is 0 Å². The number of ketones is 3. The Bertz CT molecular complexity index is 2920. The number of Topliss-reactive ketones (excluding diaryl/α,β-unsaturated/α-hetero) is 3. The number of carbonyl (C=O) groups excluding carboxylic acids is 3. The van der Waals surface area contributed by atoms with E-state index in [2.05, 4.69) is 20.2 Å². The summed E-state index contributed by atoms with van der Waals surface area (Å²) in [6.45, 7) is 6.96. The van der Waals surface area contributed by atoms with Crippen LogP contribution in [0.25, 0.3) is 11.4 Å². The van der Waals surface area contributed by atoms with Crippen LogP contribution in [-0.4, -0.2) is 71.6 Å². The number of nitrogens with zero attached hydrogens (tertiary/aromatic N) is 6. The molecule has 0 amide bonds. The van der Waals surface area contributed by atoms with E-state index in [0.717, 1.165) is 0 Å². The lowest BCUT2D eigenvalue weighted by Crippen LogP contribution is -2.50. The van der Waals surface area contributed by atoms with Crippen molar-refractivity contribution in [1.29, 1.82) is 0 Å². The Labute approximate surface area is 407 Å². The molecule has 0 bridgehead atoms. The van der Waals surface area contributed by atoms with Crippen LogP contribution < -0.4 is 5.73 Å². The first-order valence-corrected chi connectivity index (χ1v) is 22.0. The summed E-state index contributed by atoms with van der Waals surface area (Å²) < 4.78 is 191.